The van der Waals surface area contributed by atoms with Gasteiger partial charge in [0.2, 0.25) is 0 Å². The molecule has 1 saturated carbocycles. The molecule has 1 fully saturated rings. The summed E-state index contributed by atoms with van der Waals surface area (Å²) in [5.41, 5.74) is 6.39. The van der Waals surface area contributed by atoms with Crippen LogP contribution in [-0.2, 0) is 11.4 Å². The molecule has 20 heavy (non-hydrogen) atoms. The molecule has 0 unspecified atom stereocenters. The van der Waals surface area contributed by atoms with Crippen LogP contribution in [0.3, 0.4) is 0 Å². The third-order valence-electron chi connectivity index (χ3n) is 3.76. The lowest BCUT2D eigenvalue weighted by molar-refractivity contribution is -0.112. The minimum Gasteiger partial charge on any atom is -0.392 e. The lowest BCUT2D eigenvalue weighted by atomic mass is 10.1. The molecule has 1 aromatic heterocycles. The number of nitrogens with zero attached hydrogens (tertiary/aromatic N) is 1. The molecule has 0 saturated heterocycles. The lowest BCUT2D eigenvalue weighted by Gasteiger charge is -2.06. The zero-order valence-electron chi connectivity index (χ0n) is 10.7. The smallest absolute Gasteiger partial charge is 0.257 e. The monoisotopic (exact) mass is 264 g/mol. The maximum atomic E-state index is 12.3. The molecule has 0 spiro atoms. The van der Waals surface area contributed by atoms with Crippen LogP contribution in [0.5, 0.6) is 0 Å². The van der Waals surface area contributed by atoms with Crippen molar-refractivity contribution in [1.82, 2.24) is 4.98 Å². The van der Waals surface area contributed by atoms with E-state index in [0.717, 1.165) is 17.6 Å². The Kier molecular flexibility index (Phi) is 2.28. The maximum Gasteiger partial charge on any atom is 0.257 e. The number of aliphatic hydroxyl groups is 1. The summed E-state index contributed by atoms with van der Waals surface area (Å²) in [6, 6.07) is 3.43. The van der Waals surface area contributed by atoms with E-state index in [1.807, 2.05) is 12.2 Å². The van der Waals surface area contributed by atoms with E-state index in [1.54, 1.807) is 18.3 Å². The van der Waals surface area contributed by atoms with Crippen LogP contribution in [0.4, 0.5) is 5.82 Å². The van der Waals surface area contributed by atoms with Gasteiger partial charge in [0.15, 0.2) is 0 Å². The minimum absolute atomic E-state index is 0.0518. The number of amides is 1. The first-order valence-electron chi connectivity index (χ1n) is 6.50. The molecule has 1 aromatic rings. The first kappa shape index (κ1) is 11.4. The molecule has 0 bridgehead atoms. The second kappa shape index (κ2) is 4.02. The first-order valence-corrected chi connectivity index (χ1v) is 6.50. The number of rotatable bonds is 3. The van der Waals surface area contributed by atoms with Crippen molar-refractivity contribution in [2.45, 2.75) is 13.0 Å². The molecule has 4 nitrogen and oxygen atoms in total. The number of fused-ring (bicyclic) bond motifs is 2. The van der Waals surface area contributed by atoms with Crippen molar-refractivity contribution in [3.8, 4) is 0 Å². The Hall–Kier alpha value is -2.46. The van der Waals surface area contributed by atoms with Gasteiger partial charge in [-0.05, 0) is 52.5 Å². The Morgan fingerprint density at radius 2 is 2.20 bits per heavy atom. The third kappa shape index (κ3) is 1.66. The van der Waals surface area contributed by atoms with Gasteiger partial charge in [0.1, 0.15) is 5.82 Å². The van der Waals surface area contributed by atoms with Crippen LogP contribution in [0.2, 0.25) is 0 Å². The van der Waals surface area contributed by atoms with Gasteiger partial charge in [-0.25, -0.2) is 4.98 Å². The second-order valence-corrected chi connectivity index (χ2v) is 5.06. The van der Waals surface area contributed by atoms with E-state index in [2.05, 4.69) is 16.4 Å². The first-order chi connectivity index (χ1) is 9.76. The average molecular weight is 264 g/mol. The highest BCUT2D eigenvalue weighted by atomic mass is 16.3. The van der Waals surface area contributed by atoms with Gasteiger partial charge in [0.05, 0.1) is 6.61 Å². The fourth-order valence-electron chi connectivity index (χ4n) is 2.61. The van der Waals surface area contributed by atoms with Crippen molar-refractivity contribution in [2.24, 2.45) is 0 Å². The molecule has 3 aliphatic rings. The average Bonchev–Trinajstić information content (AvgIpc) is 2.95. The van der Waals surface area contributed by atoms with Crippen molar-refractivity contribution in [3.05, 3.63) is 70.0 Å². The van der Waals surface area contributed by atoms with Gasteiger partial charge in [-0.1, -0.05) is 12.1 Å². The quantitative estimate of drug-likeness (QED) is 0.878. The highest BCUT2D eigenvalue weighted by molar-refractivity contribution is 6.08. The minimum atomic E-state index is -0.144. The Balaban J connectivity index is 1.57. The van der Waals surface area contributed by atoms with Crippen LogP contribution in [0.25, 0.3) is 0 Å². The fourth-order valence-corrected chi connectivity index (χ4v) is 2.61. The van der Waals surface area contributed by atoms with E-state index < -0.39 is 0 Å². The molecule has 0 atom stereocenters. The predicted octanol–water partition coefficient (Wildman–Crippen LogP) is 2.02. The number of nitrogens with one attached hydrogen (secondary N) is 1. The molecule has 0 aliphatic heterocycles. The number of pyridine rings is 1. The lowest BCUT2D eigenvalue weighted by Crippen LogP contribution is -2.14. The van der Waals surface area contributed by atoms with Crippen molar-refractivity contribution in [3.63, 3.8) is 0 Å². The molecule has 1 amide bonds. The number of aromatic nitrogens is 1. The van der Waals surface area contributed by atoms with Gasteiger partial charge in [0, 0.05) is 11.8 Å². The van der Waals surface area contributed by atoms with E-state index >= 15 is 0 Å². The normalized spacial score (nSPS) is 18.1. The summed E-state index contributed by atoms with van der Waals surface area (Å²) < 4.78 is 0. The molecule has 3 aliphatic carbocycles. The van der Waals surface area contributed by atoms with Gasteiger partial charge in [0.25, 0.3) is 5.91 Å². The summed E-state index contributed by atoms with van der Waals surface area (Å²) >= 11 is 0. The molecule has 2 N–H and O–H groups in total. The topological polar surface area (TPSA) is 62.2 Å². The van der Waals surface area contributed by atoms with Gasteiger partial charge in [-0.3, -0.25) is 4.79 Å². The van der Waals surface area contributed by atoms with E-state index in [0.29, 0.717) is 11.4 Å². The van der Waals surface area contributed by atoms with Gasteiger partial charge in [-0.2, -0.15) is 0 Å². The number of hydrogen-bond acceptors (Lipinski definition) is 3. The van der Waals surface area contributed by atoms with Gasteiger partial charge >= 0.3 is 0 Å². The van der Waals surface area contributed by atoms with E-state index in [-0.39, 0.29) is 12.5 Å². The van der Waals surface area contributed by atoms with Gasteiger partial charge in [-0.15, -0.1) is 0 Å². The molecular formula is C16H12N2O2. The molecule has 0 radical (unpaired) electrons. The standard InChI is InChI=1S/C16H12N2O2/c19-8-9-1-4-15(17-7-9)18-16(20)12-3-2-11-13-5-10(13)6-14(11)12/h1-4,6-7,19H,5,8H2,(H,17,18,20). The largest absolute Gasteiger partial charge is 0.392 e. The van der Waals surface area contributed by atoms with Gasteiger partial charge < -0.3 is 10.4 Å². The maximum absolute atomic E-state index is 12.3. The number of aliphatic hydroxyl groups excluding tert-OH is 1. The summed E-state index contributed by atoms with van der Waals surface area (Å²) in [7, 11) is 0. The van der Waals surface area contributed by atoms with E-state index in [9.17, 15) is 4.79 Å². The zero-order valence-corrected chi connectivity index (χ0v) is 10.7. The van der Waals surface area contributed by atoms with Crippen molar-refractivity contribution in [1.29, 1.82) is 0 Å². The highest BCUT2D eigenvalue weighted by Gasteiger charge is 2.35. The predicted molar refractivity (Wildman–Crippen MR) is 74.7 cm³/mol. The molecule has 1 heterocycles. The highest BCUT2D eigenvalue weighted by Crippen LogP contribution is 2.51. The Labute approximate surface area is 115 Å². The summed E-state index contributed by atoms with van der Waals surface area (Å²) in [4.78, 5) is 16.4. The second-order valence-electron chi connectivity index (χ2n) is 5.06. The Morgan fingerprint density at radius 1 is 1.30 bits per heavy atom. The van der Waals surface area contributed by atoms with Crippen LogP contribution in [0, 0.1) is 0 Å². The van der Waals surface area contributed by atoms with E-state index in [4.69, 9.17) is 5.11 Å². The summed E-state index contributed by atoms with van der Waals surface area (Å²) in [5.74, 6) is 0.347. The fraction of sp³-hybridized carbons (Fsp3) is 0.125. The van der Waals surface area contributed by atoms with Crippen molar-refractivity contribution in [2.75, 3.05) is 5.32 Å². The molecule has 0 aromatic carbocycles. The van der Waals surface area contributed by atoms with Crippen LogP contribution in [0.15, 0.2) is 64.4 Å². The van der Waals surface area contributed by atoms with Crippen LogP contribution >= 0.6 is 0 Å². The zero-order chi connectivity index (χ0) is 13.7. The third-order valence-corrected chi connectivity index (χ3v) is 3.76. The van der Waals surface area contributed by atoms with Crippen LogP contribution < -0.4 is 5.32 Å². The number of allylic oxidation sites excluding steroid dienone is 6. The summed E-state index contributed by atoms with van der Waals surface area (Å²) in [5, 5.41) is 11.7. The molecule has 4 heteroatoms. The number of carbonyl (C=O) groups is 1. The summed E-state index contributed by atoms with van der Waals surface area (Å²) in [6.45, 7) is -0.0518. The SMILES string of the molecule is O=C(Nc1ccc(CO)cn1)C1=C2C=C3CC3=C2C=C1. The van der Waals surface area contributed by atoms with Crippen molar-refractivity contribution >= 4 is 11.7 Å². The number of hydrogen-bond donors (Lipinski definition) is 2. The van der Waals surface area contributed by atoms with Crippen molar-refractivity contribution < 1.29 is 9.90 Å². The Morgan fingerprint density at radius 3 is 2.95 bits per heavy atom. The number of carbonyl (C=O) groups excluding carboxylic acids is 1. The van der Waals surface area contributed by atoms with Crippen LogP contribution in [0.1, 0.15) is 12.0 Å². The number of anilines is 1. The van der Waals surface area contributed by atoms with Crippen LogP contribution in [-0.4, -0.2) is 16.0 Å². The molecule has 98 valence electrons. The summed E-state index contributed by atoms with van der Waals surface area (Å²) in [6.07, 6.45) is 8.60. The molecule has 4 rings (SSSR count). The molecular weight excluding hydrogens is 252 g/mol. The Bertz CT molecular complexity index is 749. The van der Waals surface area contributed by atoms with E-state index in [1.165, 1.54) is 16.7 Å².